The molecule has 3 rings (SSSR count). The smallest absolute Gasteiger partial charge is 0.398 e. The molecule has 3 heterocycles. The summed E-state index contributed by atoms with van der Waals surface area (Å²) in [5, 5.41) is 9.66. The lowest BCUT2D eigenvalue weighted by molar-refractivity contribution is 0.00578. The maximum absolute atomic E-state index is 9.66. The van der Waals surface area contributed by atoms with E-state index in [2.05, 4.69) is 9.88 Å². The predicted molar refractivity (Wildman–Crippen MR) is 82.8 cm³/mol. The molecule has 2 fully saturated rings. The molecule has 2 aliphatic rings. The Morgan fingerprint density at radius 1 is 1.24 bits per heavy atom. The van der Waals surface area contributed by atoms with E-state index in [4.69, 9.17) is 9.31 Å². The van der Waals surface area contributed by atoms with Crippen LogP contribution in [0.25, 0.3) is 0 Å². The van der Waals surface area contributed by atoms with E-state index < -0.39 is 7.12 Å². The van der Waals surface area contributed by atoms with E-state index in [0.717, 1.165) is 24.4 Å². The van der Waals surface area contributed by atoms with Gasteiger partial charge in [-0.25, -0.2) is 4.98 Å². The second-order valence-electron chi connectivity index (χ2n) is 6.90. The Bertz CT molecular complexity index is 519. The van der Waals surface area contributed by atoms with Gasteiger partial charge in [0.05, 0.1) is 22.9 Å². The number of nitrogens with zero attached hydrogens (tertiary/aromatic N) is 2. The monoisotopic (exact) mass is 290 g/mol. The molecular formula is C15H23BN2O3. The van der Waals surface area contributed by atoms with Gasteiger partial charge < -0.3 is 19.3 Å². The standard InChI is InChI=1S/C15H23BN2O3/c1-14(2)15(3,4)21-16(20-14)12-6-5-7-13(17-12)18-9-8-11(19)10-18/h5-7,11,19H,8-10H2,1-4H3/t11-/m1/s1. The lowest BCUT2D eigenvalue weighted by Gasteiger charge is -2.32. The Labute approximate surface area is 126 Å². The van der Waals surface area contributed by atoms with Crippen LogP contribution in [0.15, 0.2) is 18.2 Å². The van der Waals surface area contributed by atoms with Gasteiger partial charge >= 0.3 is 7.12 Å². The van der Waals surface area contributed by atoms with Crippen molar-refractivity contribution in [1.82, 2.24) is 4.98 Å². The van der Waals surface area contributed by atoms with Crippen LogP contribution in [0.5, 0.6) is 0 Å². The molecule has 1 aromatic rings. The molecule has 2 aliphatic heterocycles. The van der Waals surface area contributed by atoms with Crippen molar-refractivity contribution in [3.63, 3.8) is 0 Å². The lowest BCUT2D eigenvalue weighted by Crippen LogP contribution is -2.41. The summed E-state index contributed by atoms with van der Waals surface area (Å²) in [5.74, 6) is 0.874. The van der Waals surface area contributed by atoms with Gasteiger partial charge in [-0.2, -0.15) is 0 Å². The molecule has 0 aromatic carbocycles. The first-order valence-electron chi connectivity index (χ1n) is 7.54. The molecule has 21 heavy (non-hydrogen) atoms. The zero-order valence-corrected chi connectivity index (χ0v) is 13.2. The molecule has 1 atom stereocenters. The van der Waals surface area contributed by atoms with Crippen LogP contribution in [-0.2, 0) is 9.31 Å². The van der Waals surface area contributed by atoms with Crippen molar-refractivity contribution in [3.05, 3.63) is 18.2 Å². The Hall–Kier alpha value is -1.11. The highest BCUT2D eigenvalue weighted by molar-refractivity contribution is 6.61. The minimum Gasteiger partial charge on any atom is -0.398 e. The largest absolute Gasteiger partial charge is 0.514 e. The van der Waals surface area contributed by atoms with Crippen LogP contribution in [0.1, 0.15) is 34.1 Å². The number of aromatic nitrogens is 1. The molecule has 0 unspecified atom stereocenters. The fourth-order valence-corrected chi connectivity index (χ4v) is 2.66. The predicted octanol–water partition coefficient (Wildman–Crippen LogP) is 0.952. The van der Waals surface area contributed by atoms with Gasteiger partial charge in [-0.15, -0.1) is 0 Å². The van der Waals surface area contributed by atoms with Crippen molar-refractivity contribution in [1.29, 1.82) is 0 Å². The van der Waals surface area contributed by atoms with Crippen LogP contribution in [0.4, 0.5) is 5.82 Å². The topological polar surface area (TPSA) is 54.8 Å². The number of hydrogen-bond acceptors (Lipinski definition) is 5. The highest BCUT2D eigenvalue weighted by atomic mass is 16.7. The molecule has 1 aromatic heterocycles. The van der Waals surface area contributed by atoms with E-state index >= 15 is 0 Å². The summed E-state index contributed by atoms with van der Waals surface area (Å²) in [7, 11) is -0.442. The number of pyridine rings is 1. The highest BCUT2D eigenvalue weighted by Crippen LogP contribution is 2.36. The molecule has 2 saturated heterocycles. The van der Waals surface area contributed by atoms with Gasteiger partial charge in [-0.3, -0.25) is 0 Å². The van der Waals surface area contributed by atoms with Crippen LogP contribution in [-0.4, -0.2) is 47.6 Å². The van der Waals surface area contributed by atoms with Gasteiger partial charge in [0, 0.05) is 13.1 Å². The molecule has 0 aliphatic carbocycles. The number of anilines is 1. The zero-order chi connectivity index (χ0) is 15.3. The third kappa shape index (κ3) is 2.68. The summed E-state index contributed by atoms with van der Waals surface area (Å²) < 4.78 is 12.1. The second-order valence-corrected chi connectivity index (χ2v) is 6.90. The first kappa shape index (κ1) is 14.8. The van der Waals surface area contributed by atoms with Crippen molar-refractivity contribution in [2.24, 2.45) is 0 Å². The fraction of sp³-hybridized carbons (Fsp3) is 0.667. The summed E-state index contributed by atoms with van der Waals surface area (Å²) in [4.78, 5) is 6.76. The van der Waals surface area contributed by atoms with Crippen molar-refractivity contribution in [3.8, 4) is 0 Å². The van der Waals surface area contributed by atoms with E-state index in [1.165, 1.54) is 0 Å². The molecule has 0 bridgehead atoms. The van der Waals surface area contributed by atoms with Crippen LogP contribution >= 0.6 is 0 Å². The van der Waals surface area contributed by atoms with Crippen LogP contribution in [0.2, 0.25) is 0 Å². The molecule has 0 radical (unpaired) electrons. The van der Waals surface area contributed by atoms with Crippen molar-refractivity contribution in [2.45, 2.75) is 51.4 Å². The lowest BCUT2D eigenvalue weighted by atomic mass is 9.84. The molecule has 1 N–H and O–H groups in total. The number of rotatable bonds is 2. The maximum atomic E-state index is 9.66. The summed E-state index contributed by atoms with van der Waals surface area (Å²) in [6.07, 6.45) is 0.537. The summed E-state index contributed by atoms with van der Waals surface area (Å²) in [6, 6.07) is 5.86. The van der Waals surface area contributed by atoms with Gasteiger partial charge in [0.25, 0.3) is 0 Å². The first-order valence-corrected chi connectivity index (χ1v) is 7.54. The van der Waals surface area contributed by atoms with Gasteiger partial charge in [0.1, 0.15) is 5.82 Å². The molecule has 0 spiro atoms. The second kappa shape index (κ2) is 4.97. The van der Waals surface area contributed by atoms with Gasteiger partial charge in [0.15, 0.2) is 0 Å². The Balaban J connectivity index is 1.81. The van der Waals surface area contributed by atoms with E-state index in [9.17, 15) is 5.11 Å². The number of β-amino-alcohol motifs (C(OH)–C–C–N with tert-alkyl or cyclic N) is 1. The van der Waals surface area contributed by atoms with Crippen molar-refractivity contribution < 1.29 is 14.4 Å². The van der Waals surface area contributed by atoms with Gasteiger partial charge in [0.2, 0.25) is 0 Å². The fourth-order valence-electron chi connectivity index (χ4n) is 2.66. The van der Waals surface area contributed by atoms with E-state index in [-0.39, 0.29) is 17.3 Å². The normalized spacial score (nSPS) is 27.4. The van der Waals surface area contributed by atoms with Crippen molar-refractivity contribution in [2.75, 3.05) is 18.0 Å². The van der Waals surface area contributed by atoms with Crippen LogP contribution in [0, 0.1) is 0 Å². The number of hydrogen-bond donors (Lipinski definition) is 1. The third-order valence-corrected chi connectivity index (χ3v) is 4.74. The molecular weight excluding hydrogens is 267 g/mol. The van der Waals surface area contributed by atoms with E-state index in [1.807, 2.05) is 45.9 Å². The Kier molecular flexibility index (Phi) is 3.51. The number of aliphatic hydroxyl groups is 1. The van der Waals surface area contributed by atoms with E-state index in [0.29, 0.717) is 6.54 Å². The summed E-state index contributed by atoms with van der Waals surface area (Å²) >= 11 is 0. The van der Waals surface area contributed by atoms with Crippen LogP contribution < -0.4 is 10.5 Å². The van der Waals surface area contributed by atoms with Crippen LogP contribution in [0.3, 0.4) is 0 Å². The average molecular weight is 290 g/mol. The Morgan fingerprint density at radius 2 is 1.90 bits per heavy atom. The Morgan fingerprint density at radius 3 is 2.48 bits per heavy atom. The molecule has 0 saturated carbocycles. The van der Waals surface area contributed by atoms with Gasteiger partial charge in [-0.05, 0) is 46.2 Å². The number of aliphatic hydroxyl groups excluding tert-OH is 1. The average Bonchev–Trinajstić information content (AvgIpc) is 2.92. The maximum Gasteiger partial charge on any atom is 0.514 e. The van der Waals surface area contributed by atoms with Crippen molar-refractivity contribution >= 4 is 18.5 Å². The zero-order valence-electron chi connectivity index (χ0n) is 13.2. The van der Waals surface area contributed by atoms with Gasteiger partial charge in [-0.1, -0.05) is 6.07 Å². The summed E-state index contributed by atoms with van der Waals surface area (Å²) in [5.41, 5.74) is 0.0609. The van der Waals surface area contributed by atoms with E-state index in [1.54, 1.807) is 0 Å². The molecule has 5 nitrogen and oxygen atoms in total. The molecule has 114 valence electrons. The molecule has 0 amide bonds. The molecule has 6 heteroatoms. The summed E-state index contributed by atoms with van der Waals surface area (Å²) in [6.45, 7) is 9.61. The highest BCUT2D eigenvalue weighted by Gasteiger charge is 2.52. The minimum absolute atomic E-state index is 0.257. The third-order valence-electron chi connectivity index (χ3n) is 4.74. The first-order chi connectivity index (χ1) is 9.78. The quantitative estimate of drug-likeness (QED) is 0.822. The minimum atomic E-state index is -0.442. The SMILES string of the molecule is CC1(C)OB(c2cccc(N3CC[C@@H](O)C3)n2)OC1(C)C.